The van der Waals surface area contributed by atoms with E-state index in [0.29, 0.717) is 29.0 Å². The molecule has 9 heteroatoms. The number of carboxylic acid groups (broad SMARTS) is 1. The molecule has 0 radical (unpaired) electrons. The van der Waals surface area contributed by atoms with Crippen LogP contribution in [0.2, 0.25) is 0 Å². The van der Waals surface area contributed by atoms with Gasteiger partial charge < -0.3 is 15.2 Å². The molecule has 0 aliphatic carbocycles. The van der Waals surface area contributed by atoms with Crippen molar-refractivity contribution in [3.8, 4) is 5.75 Å². The molecule has 1 aromatic heterocycles. The van der Waals surface area contributed by atoms with Gasteiger partial charge in [-0.25, -0.2) is 4.79 Å². The Balaban J connectivity index is 1.19. The number of hydrogen-bond acceptors (Lipinski definition) is 6. The van der Waals surface area contributed by atoms with E-state index in [-0.39, 0.29) is 23.7 Å². The first-order chi connectivity index (χ1) is 19.9. The Morgan fingerprint density at radius 2 is 1.49 bits per heavy atom. The fraction of sp³-hybridized carbons (Fsp3) is 0.125. The Hall–Kier alpha value is -5.02. The van der Waals surface area contributed by atoms with Gasteiger partial charge in [-0.15, -0.1) is 0 Å². The van der Waals surface area contributed by atoms with Crippen LogP contribution in [-0.2, 0) is 17.8 Å². The summed E-state index contributed by atoms with van der Waals surface area (Å²) in [6.45, 7) is 0.555. The van der Waals surface area contributed by atoms with Crippen molar-refractivity contribution in [2.75, 3.05) is 6.61 Å². The lowest BCUT2D eigenvalue weighted by Crippen LogP contribution is -2.42. The molecule has 1 heterocycles. The van der Waals surface area contributed by atoms with Crippen LogP contribution < -0.4 is 14.9 Å². The van der Waals surface area contributed by atoms with Gasteiger partial charge >= 0.3 is 10.8 Å². The largest absolute Gasteiger partial charge is 0.492 e. The molecular formula is C32H26N2O6S. The maximum absolute atomic E-state index is 12.8. The molecule has 2 N–H and O–H groups in total. The van der Waals surface area contributed by atoms with Crippen molar-refractivity contribution in [2.24, 2.45) is 0 Å². The summed E-state index contributed by atoms with van der Waals surface area (Å²) < 4.78 is 8.19. The number of aliphatic carboxylic acids is 1. The Bertz CT molecular complexity index is 1740. The summed E-state index contributed by atoms with van der Waals surface area (Å²) in [5.74, 6) is -1.11. The minimum Gasteiger partial charge on any atom is -0.492 e. The molecule has 0 aliphatic heterocycles. The molecule has 1 amide bonds. The van der Waals surface area contributed by atoms with E-state index in [9.17, 15) is 24.3 Å². The molecule has 41 heavy (non-hydrogen) atoms. The fourth-order valence-corrected chi connectivity index (χ4v) is 5.38. The van der Waals surface area contributed by atoms with Crippen LogP contribution in [0.4, 0.5) is 0 Å². The lowest BCUT2D eigenvalue weighted by Gasteiger charge is -2.15. The van der Waals surface area contributed by atoms with Crippen molar-refractivity contribution in [1.82, 2.24) is 9.88 Å². The van der Waals surface area contributed by atoms with Crippen LogP contribution in [0, 0.1) is 0 Å². The highest BCUT2D eigenvalue weighted by molar-refractivity contribution is 7.16. The van der Waals surface area contributed by atoms with E-state index in [0.717, 1.165) is 27.1 Å². The third kappa shape index (κ3) is 6.59. The maximum atomic E-state index is 12.8. The van der Waals surface area contributed by atoms with Crippen LogP contribution >= 0.6 is 11.3 Å². The predicted octanol–water partition coefficient (Wildman–Crippen LogP) is 4.80. The summed E-state index contributed by atoms with van der Waals surface area (Å²) in [4.78, 5) is 49.5. The number of thiazole rings is 1. The highest BCUT2D eigenvalue weighted by Gasteiger charge is 2.21. The number of carbonyl (C=O) groups is 3. The van der Waals surface area contributed by atoms with Gasteiger partial charge in [-0.3, -0.25) is 19.0 Å². The zero-order valence-corrected chi connectivity index (χ0v) is 22.7. The first-order valence-electron chi connectivity index (χ1n) is 12.9. The van der Waals surface area contributed by atoms with E-state index in [2.05, 4.69) is 5.32 Å². The number of aromatic nitrogens is 1. The van der Waals surface area contributed by atoms with Crippen molar-refractivity contribution in [2.45, 2.75) is 19.0 Å². The van der Waals surface area contributed by atoms with Crippen molar-refractivity contribution >= 4 is 39.2 Å². The molecule has 8 nitrogen and oxygen atoms in total. The molecule has 0 saturated heterocycles. The van der Waals surface area contributed by atoms with Crippen LogP contribution in [-0.4, -0.2) is 40.0 Å². The second-order valence-corrected chi connectivity index (χ2v) is 10.3. The van der Waals surface area contributed by atoms with Crippen LogP contribution in [0.15, 0.2) is 108 Å². The molecule has 0 spiro atoms. The van der Waals surface area contributed by atoms with Crippen LogP contribution in [0.5, 0.6) is 5.75 Å². The molecule has 0 fully saturated rings. The second kappa shape index (κ2) is 12.4. The van der Waals surface area contributed by atoms with Gasteiger partial charge in [-0.1, -0.05) is 72.0 Å². The Morgan fingerprint density at radius 3 is 2.15 bits per heavy atom. The van der Waals surface area contributed by atoms with E-state index in [1.54, 1.807) is 89.5 Å². The van der Waals surface area contributed by atoms with Crippen molar-refractivity contribution < 1.29 is 24.2 Å². The lowest BCUT2D eigenvalue weighted by atomic mass is 10.0. The van der Waals surface area contributed by atoms with Gasteiger partial charge in [0.05, 0.1) is 16.8 Å². The first-order valence-corrected chi connectivity index (χ1v) is 13.7. The summed E-state index contributed by atoms with van der Waals surface area (Å²) in [5, 5.41) is 12.2. The molecule has 0 aliphatic rings. The van der Waals surface area contributed by atoms with E-state index in [1.807, 2.05) is 18.2 Å². The van der Waals surface area contributed by atoms with Gasteiger partial charge in [0.1, 0.15) is 18.4 Å². The fourth-order valence-electron chi connectivity index (χ4n) is 4.42. The van der Waals surface area contributed by atoms with E-state index in [1.165, 1.54) is 0 Å². The highest BCUT2D eigenvalue weighted by atomic mass is 32.1. The van der Waals surface area contributed by atoms with Gasteiger partial charge in [0.2, 0.25) is 0 Å². The topological polar surface area (TPSA) is 115 Å². The minimum absolute atomic E-state index is 0.0973. The van der Waals surface area contributed by atoms with Crippen LogP contribution in [0.25, 0.3) is 10.2 Å². The molecule has 5 rings (SSSR count). The Kier molecular flexibility index (Phi) is 8.36. The molecule has 0 bridgehead atoms. The quantitative estimate of drug-likeness (QED) is 0.222. The van der Waals surface area contributed by atoms with Gasteiger partial charge in [0.15, 0.2) is 5.78 Å². The molecule has 206 valence electrons. The minimum atomic E-state index is -1.13. The number of ketones is 1. The van der Waals surface area contributed by atoms with Crippen LogP contribution in [0.1, 0.15) is 31.8 Å². The first kappa shape index (κ1) is 27.5. The third-order valence-corrected chi connectivity index (χ3v) is 7.49. The summed E-state index contributed by atoms with van der Waals surface area (Å²) in [7, 11) is 0. The SMILES string of the molecule is O=C(NC(Cc1ccc(OCCn2c(=O)sc3cc(C(=O)c4ccccc4)ccc32)cc1)C(=O)O)c1ccccc1. The Labute approximate surface area is 239 Å². The Morgan fingerprint density at radius 1 is 0.829 bits per heavy atom. The van der Waals surface area contributed by atoms with Crippen molar-refractivity contribution in [3.05, 3.63) is 135 Å². The second-order valence-electron chi connectivity index (χ2n) is 9.32. The zero-order valence-electron chi connectivity index (χ0n) is 21.9. The smallest absolute Gasteiger partial charge is 0.326 e. The van der Waals surface area contributed by atoms with E-state index < -0.39 is 17.9 Å². The van der Waals surface area contributed by atoms with Gasteiger partial charge in [0, 0.05) is 23.1 Å². The number of carbonyl (C=O) groups excluding carboxylic acids is 2. The summed E-state index contributed by atoms with van der Waals surface area (Å²) in [6, 6.07) is 28.6. The number of amides is 1. The number of nitrogens with one attached hydrogen (secondary N) is 1. The molecule has 5 aromatic rings. The number of ether oxygens (including phenoxy) is 1. The third-order valence-electron chi connectivity index (χ3n) is 6.55. The average Bonchev–Trinajstić information content (AvgIpc) is 3.32. The van der Waals surface area contributed by atoms with Crippen LogP contribution in [0.3, 0.4) is 0 Å². The summed E-state index contributed by atoms with van der Waals surface area (Å²) in [6.07, 6.45) is 0.110. The summed E-state index contributed by atoms with van der Waals surface area (Å²) >= 11 is 1.09. The number of hydrogen-bond donors (Lipinski definition) is 2. The summed E-state index contributed by atoms with van der Waals surface area (Å²) in [5.41, 5.74) is 2.97. The maximum Gasteiger partial charge on any atom is 0.326 e. The van der Waals surface area contributed by atoms with Gasteiger partial charge in [-0.05, 0) is 48.0 Å². The van der Waals surface area contributed by atoms with E-state index >= 15 is 0 Å². The van der Waals surface area contributed by atoms with Gasteiger partial charge in [-0.2, -0.15) is 0 Å². The number of rotatable bonds is 11. The van der Waals surface area contributed by atoms with Crippen molar-refractivity contribution in [3.63, 3.8) is 0 Å². The predicted molar refractivity (Wildman–Crippen MR) is 157 cm³/mol. The molecule has 4 aromatic carbocycles. The molecule has 1 atom stereocenters. The number of nitrogens with zero attached hydrogens (tertiary/aromatic N) is 1. The highest BCUT2D eigenvalue weighted by Crippen LogP contribution is 2.21. The zero-order chi connectivity index (χ0) is 28.8. The van der Waals surface area contributed by atoms with Gasteiger partial charge in [0.25, 0.3) is 5.91 Å². The molecular weight excluding hydrogens is 540 g/mol. The molecule has 0 saturated carbocycles. The monoisotopic (exact) mass is 566 g/mol. The normalized spacial score (nSPS) is 11.6. The van der Waals surface area contributed by atoms with Crippen molar-refractivity contribution in [1.29, 1.82) is 0 Å². The number of fused-ring (bicyclic) bond motifs is 1. The number of benzene rings is 4. The average molecular weight is 567 g/mol. The standard InChI is InChI=1S/C32H26N2O6S/c35-29(22-7-3-1-4-8-22)24-13-16-27-28(20-24)41-32(39)34(27)17-18-40-25-14-11-21(12-15-25)19-26(31(37)38)33-30(36)23-9-5-2-6-10-23/h1-16,20,26H,17-19H2,(H,33,36)(H,37,38). The molecule has 1 unspecified atom stereocenters. The van der Waals surface area contributed by atoms with E-state index in [4.69, 9.17) is 4.74 Å². The number of carboxylic acids is 1. The lowest BCUT2D eigenvalue weighted by molar-refractivity contribution is -0.139.